The van der Waals surface area contributed by atoms with E-state index in [0.717, 1.165) is 6.07 Å². The van der Waals surface area contributed by atoms with Crippen molar-refractivity contribution >= 4 is 16.8 Å². The molecule has 1 heterocycles. The van der Waals surface area contributed by atoms with Gasteiger partial charge in [0, 0.05) is 6.42 Å². The molecular formula is C13H10FN3O3. The summed E-state index contributed by atoms with van der Waals surface area (Å²) in [5, 5.41) is 8.26. The van der Waals surface area contributed by atoms with Gasteiger partial charge in [0.25, 0.3) is 0 Å². The highest BCUT2D eigenvalue weighted by Gasteiger charge is 2.23. The summed E-state index contributed by atoms with van der Waals surface area (Å²) in [7, 11) is 0. The van der Waals surface area contributed by atoms with Gasteiger partial charge in [0.2, 0.25) is 11.8 Å². The molecule has 0 bridgehead atoms. The van der Waals surface area contributed by atoms with Crippen molar-refractivity contribution in [2.45, 2.75) is 18.8 Å². The Morgan fingerprint density at radius 2 is 2.30 bits per heavy atom. The molecule has 0 unspecified atom stereocenters. The predicted molar refractivity (Wildman–Crippen MR) is 67.0 cm³/mol. The number of primary amides is 1. The Bertz CT molecular complexity index is 764. The van der Waals surface area contributed by atoms with Crippen molar-refractivity contribution in [1.82, 2.24) is 4.98 Å². The first-order valence-corrected chi connectivity index (χ1v) is 5.80. The van der Waals surface area contributed by atoms with E-state index in [-0.39, 0.29) is 29.6 Å². The third-order valence-corrected chi connectivity index (χ3v) is 2.81. The van der Waals surface area contributed by atoms with E-state index in [9.17, 15) is 14.0 Å². The number of nitriles is 1. The third kappa shape index (κ3) is 2.49. The molecular weight excluding hydrogens is 265 g/mol. The van der Waals surface area contributed by atoms with Crippen LogP contribution in [0.5, 0.6) is 0 Å². The fourth-order valence-electron chi connectivity index (χ4n) is 1.84. The van der Waals surface area contributed by atoms with E-state index in [4.69, 9.17) is 15.4 Å². The summed E-state index contributed by atoms with van der Waals surface area (Å²) < 4.78 is 18.4. The van der Waals surface area contributed by atoms with Crippen LogP contribution in [0.4, 0.5) is 4.39 Å². The van der Waals surface area contributed by atoms with Gasteiger partial charge < -0.3 is 10.2 Å². The molecule has 6 nitrogen and oxygen atoms in total. The second kappa shape index (κ2) is 5.48. The average Bonchev–Trinajstić information content (AvgIpc) is 2.38. The lowest BCUT2D eigenvalue weighted by Crippen LogP contribution is -2.23. The number of nitrogens with zero attached hydrogens (tertiary/aromatic N) is 2. The summed E-state index contributed by atoms with van der Waals surface area (Å²) in [5.74, 6) is -2.69. The number of fused-ring (bicyclic) bond motifs is 1. The summed E-state index contributed by atoms with van der Waals surface area (Å²) >= 11 is 0. The summed E-state index contributed by atoms with van der Waals surface area (Å²) in [4.78, 5) is 27.1. The molecule has 1 amide bonds. The highest BCUT2D eigenvalue weighted by Crippen LogP contribution is 2.21. The van der Waals surface area contributed by atoms with E-state index in [2.05, 4.69) is 4.98 Å². The number of hydrogen-bond donors (Lipinski definition) is 1. The molecule has 102 valence electrons. The lowest BCUT2D eigenvalue weighted by Gasteiger charge is -2.09. The Kier molecular flexibility index (Phi) is 3.75. The largest absolute Gasteiger partial charge is 0.407 e. The molecule has 0 aliphatic carbocycles. The minimum atomic E-state index is -0.991. The molecule has 1 aromatic carbocycles. The molecule has 20 heavy (non-hydrogen) atoms. The van der Waals surface area contributed by atoms with Gasteiger partial charge in [-0.2, -0.15) is 5.26 Å². The standard InChI is InChI=1S/C13H10FN3O3/c14-8-4-1-5-9-10(8)13(19)20-12(17-9)7(11(16)18)3-2-6-15/h1,4-5,7H,2-3H2,(H2,16,18)/t7-/m0/s1. The van der Waals surface area contributed by atoms with Gasteiger partial charge in [0.05, 0.1) is 11.6 Å². The molecule has 2 rings (SSSR count). The van der Waals surface area contributed by atoms with E-state index in [1.54, 1.807) is 0 Å². The van der Waals surface area contributed by atoms with Crippen LogP contribution in [0.15, 0.2) is 27.4 Å². The number of carbonyl (C=O) groups is 1. The van der Waals surface area contributed by atoms with E-state index in [1.165, 1.54) is 12.1 Å². The van der Waals surface area contributed by atoms with Gasteiger partial charge in [-0.25, -0.2) is 14.2 Å². The van der Waals surface area contributed by atoms with Crippen LogP contribution >= 0.6 is 0 Å². The Labute approximate surface area is 112 Å². The number of halogens is 1. The molecule has 0 aliphatic heterocycles. The first-order valence-electron chi connectivity index (χ1n) is 5.80. The number of aromatic nitrogens is 1. The molecule has 0 saturated carbocycles. The van der Waals surface area contributed by atoms with Crippen LogP contribution in [-0.4, -0.2) is 10.9 Å². The second-order valence-electron chi connectivity index (χ2n) is 4.13. The molecule has 1 aromatic heterocycles. The summed E-state index contributed by atoms with van der Waals surface area (Å²) in [5.41, 5.74) is 4.37. The zero-order chi connectivity index (χ0) is 14.7. The highest BCUT2D eigenvalue weighted by atomic mass is 19.1. The maximum atomic E-state index is 13.5. The molecule has 0 saturated heterocycles. The molecule has 2 aromatic rings. The highest BCUT2D eigenvalue weighted by molar-refractivity contribution is 5.82. The normalized spacial score (nSPS) is 12.0. The SMILES string of the molecule is N#CCC[C@@H](C(N)=O)c1nc2cccc(F)c2c(=O)o1. The van der Waals surface area contributed by atoms with E-state index in [0.29, 0.717) is 0 Å². The second-order valence-corrected chi connectivity index (χ2v) is 4.13. The van der Waals surface area contributed by atoms with Crippen molar-refractivity contribution < 1.29 is 13.6 Å². The number of hydrogen-bond acceptors (Lipinski definition) is 5. The van der Waals surface area contributed by atoms with Gasteiger partial charge >= 0.3 is 5.63 Å². The zero-order valence-corrected chi connectivity index (χ0v) is 10.3. The van der Waals surface area contributed by atoms with Crippen LogP contribution in [0.2, 0.25) is 0 Å². The molecule has 0 fully saturated rings. The third-order valence-electron chi connectivity index (χ3n) is 2.81. The average molecular weight is 275 g/mol. The fourth-order valence-corrected chi connectivity index (χ4v) is 1.84. The van der Waals surface area contributed by atoms with Crippen molar-refractivity contribution in [2.24, 2.45) is 5.73 Å². The first-order chi connectivity index (χ1) is 9.54. The Morgan fingerprint density at radius 1 is 1.55 bits per heavy atom. The van der Waals surface area contributed by atoms with E-state index < -0.39 is 23.3 Å². The molecule has 0 radical (unpaired) electrons. The summed E-state index contributed by atoms with van der Waals surface area (Å²) in [6.45, 7) is 0. The van der Waals surface area contributed by atoms with Crippen LogP contribution in [0.25, 0.3) is 10.9 Å². The van der Waals surface area contributed by atoms with Gasteiger partial charge in [0.15, 0.2) is 0 Å². The number of carbonyl (C=O) groups excluding carboxylic acids is 1. The van der Waals surface area contributed by atoms with Gasteiger partial charge in [0.1, 0.15) is 17.1 Å². The summed E-state index contributed by atoms with van der Waals surface area (Å²) in [6.07, 6.45) is 0.142. The number of benzene rings is 1. The van der Waals surface area contributed by atoms with Gasteiger partial charge in [-0.05, 0) is 18.6 Å². The van der Waals surface area contributed by atoms with Crippen molar-refractivity contribution in [3.63, 3.8) is 0 Å². The predicted octanol–water partition coefficient (Wildman–Crippen LogP) is 1.20. The zero-order valence-electron chi connectivity index (χ0n) is 10.3. The monoisotopic (exact) mass is 275 g/mol. The van der Waals surface area contributed by atoms with E-state index in [1.807, 2.05) is 6.07 Å². The first kappa shape index (κ1) is 13.7. The molecule has 0 aliphatic rings. The maximum absolute atomic E-state index is 13.5. The lowest BCUT2D eigenvalue weighted by molar-refractivity contribution is -0.120. The van der Waals surface area contributed by atoms with Crippen molar-refractivity contribution in [2.75, 3.05) is 0 Å². The molecule has 7 heteroatoms. The number of nitrogens with two attached hydrogens (primary N) is 1. The Morgan fingerprint density at radius 3 is 2.95 bits per heavy atom. The smallest absolute Gasteiger partial charge is 0.349 e. The fraction of sp³-hybridized carbons (Fsp3) is 0.231. The van der Waals surface area contributed by atoms with Gasteiger partial charge in [-0.15, -0.1) is 0 Å². The Hall–Kier alpha value is -2.75. The van der Waals surface area contributed by atoms with Crippen LogP contribution in [0.1, 0.15) is 24.7 Å². The topological polar surface area (TPSA) is 110 Å². The van der Waals surface area contributed by atoms with Gasteiger partial charge in [-0.1, -0.05) is 6.07 Å². The van der Waals surface area contributed by atoms with Crippen LogP contribution < -0.4 is 11.4 Å². The number of rotatable bonds is 4. The van der Waals surface area contributed by atoms with Gasteiger partial charge in [-0.3, -0.25) is 4.79 Å². The maximum Gasteiger partial charge on any atom is 0.349 e. The number of amides is 1. The van der Waals surface area contributed by atoms with Crippen LogP contribution in [-0.2, 0) is 4.79 Å². The lowest BCUT2D eigenvalue weighted by atomic mass is 10.0. The molecule has 1 atom stereocenters. The molecule has 2 N–H and O–H groups in total. The van der Waals surface area contributed by atoms with Crippen molar-refractivity contribution in [3.05, 3.63) is 40.3 Å². The molecule has 0 spiro atoms. The minimum Gasteiger partial charge on any atom is -0.407 e. The Balaban J connectivity index is 2.58. The quantitative estimate of drug-likeness (QED) is 0.901. The van der Waals surface area contributed by atoms with E-state index >= 15 is 0 Å². The van der Waals surface area contributed by atoms with Crippen molar-refractivity contribution in [3.8, 4) is 6.07 Å². The minimum absolute atomic E-state index is 0.0557. The summed E-state index contributed by atoms with van der Waals surface area (Å²) in [6, 6.07) is 5.80. The van der Waals surface area contributed by atoms with Crippen molar-refractivity contribution in [1.29, 1.82) is 5.26 Å². The van der Waals surface area contributed by atoms with Crippen LogP contribution in [0.3, 0.4) is 0 Å². The van der Waals surface area contributed by atoms with Crippen LogP contribution in [0, 0.1) is 17.1 Å².